The van der Waals surface area contributed by atoms with Gasteiger partial charge < -0.3 is 14.2 Å². The number of nitriles is 1. The highest BCUT2D eigenvalue weighted by molar-refractivity contribution is 5.07. The van der Waals surface area contributed by atoms with Gasteiger partial charge in [0.25, 0.3) is 5.97 Å². The summed E-state index contributed by atoms with van der Waals surface area (Å²) in [5.41, 5.74) is -0.402. The predicted molar refractivity (Wildman–Crippen MR) is 87.1 cm³/mol. The molecular weight excluding hydrogens is 278 g/mol. The van der Waals surface area contributed by atoms with Gasteiger partial charge >= 0.3 is 0 Å². The van der Waals surface area contributed by atoms with Crippen LogP contribution in [0.2, 0.25) is 0 Å². The van der Waals surface area contributed by atoms with Crippen LogP contribution in [0.5, 0.6) is 0 Å². The van der Waals surface area contributed by atoms with Gasteiger partial charge in [-0.3, -0.25) is 0 Å². The first-order valence-electron chi connectivity index (χ1n) is 8.87. The highest BCUT2D eigenvalue weighted by atomic mass is 16.9. The lowest BCUT2D eigenvalue weighted by Crippen LogP contribution is -2.44. The van der Waals surface area contributed by atoms with E-state index in [4.69, 9.17) is 14.2 Å². The molecule has 128 valence electrons. The van der Waals surface area contributed by atoms with Gasteiger partial charge in [-0.05, 0) is 45.4 Å². The van der Waals surface area contributed by atoms with Crippen LogP contribution in [-0.2, 0) is 14.2 Å². The Kier molecular flexibility index (Phi) is 7.82. The Morgan fingerprint density at radius 1 is 0.909 bits per heavy atom. The maximum atomic E-state index is 9.89. The molecular formula is C18H33NO3. The lowest BCUT2D eigenvalue weighted by Gasteiger charge is -2.37. The fraction of sp³-hybridized carbons (Fsp3) is 0.944. The van der Waals surface area contributed by atoms with Crippen LogP contribution < -0.4 is 0 Å². The molecule has 0 aromatic rings. The molecule has 1 aliphatic carbocycles. The van der Waals surface area contributed by atoms with Gasteiger partial charge in [0.15, 0.2) is 0 Å². The quantitative estimate of drug-likeness (QED) is 0.558. The van der Waals surface area contributed by atoms with Crippen molar-refractivity contribution in [2.24, 2.45) is 17.3 Å². The number of ether oxygens (including phenoxy) is 3. The Hall–Kier alpha value is -0.630. The standard InChI is InChI=1S/C18H33NO3/c1-6-15-11-17(14-19,12-16(15)7-2)13-18(20-8-3,21-9-4)22-10-5/h15-16H,6-13H2,1-5H3. The molecule has 4 heteroatoms. The van der Waals surface area contributed by atoms with Gasteiger partial charge in [0.1, 0.15) is 0 Å². The molecule has 0 spiro atoms. The van der Waals surface area contributed by atoms with Gasteiger partial charge in [-0.1, -0.05) is 26.7 Å². The van der Waals surface area contributed by atoms with E-state index in [1.807, 2.05) is 20.8 Å². The number of hydrogen-bond donors (Lipinski definition) is 0. The lowest BCUT2D eigenvalue weighted by molar-refractivity contribution is -0.386. The Morgan fingerprint density at radius 3 is 1.59 bits per heavy atom. The van der Waals surface area contributed by atoms with Crippen LogP contribution in [0.4, 0.5) is 0 Å². The van der Waals surface area contributed by atoms with Crippen LogP contribution in [0, 0.1) is 28.6 Å². The predicted octanol–water partition coefficient (Wildman–Crippen LogP) is 4.50. The fourth-order valence-electron chi connectivity index (χ4n) is 4.00. The molecule has 0 saturated heterocycles. The van der Waals surface area contributed by atoms with Crippen molar-refractivity contribution < 1.29 is 14.2 Å². The highest BCUT2D eigenvalue weighted by Crippen LogP contribution is 2.52. The van der Waals surface area contributed by atoms with Crippen LogP contribution in [0.3, 0.4) is 0 Å². The fourth-order valence-corrected chi connectivity index (χ4v) is 4.00. The van der Waals surface area contributed by atoms with Gasteiger partial charge in [0, 0.05) is 26.2 Å². The first-order chi connectivity index (χ1) is 10.5. The number of hydrogen-bond acceptors (Lipinski definition) is 4. The molecule has 1 aliphatic rings. The van der Waals surface area contributed by atoms with E-state index in [1.165, 1.54) is 0 Å². The van der Waals surface area contributed by atoms with Gasteiger partial charge in [-0.2, -0.15) is 5.26 Å². The molecule has 1 fully saturated rings. The van der Waals surface area contributed by atoms with Crippen molar-refractivity contribution >= 4 is 0 Å². The van der Waals surface area contributed by atoms with Crippen molar-refractivity contribution in [3.8, 4) is 6.07 Å². The van der Waals surface area contributed by atoms with Gasteiger partial charge in [-0.25, -0.2) is 0 Å². The summed E-state index contributed by atoms with van der Waals surface area (Å²) in [5.74, 6) is 0.161. The summed E-state index contributed by atoms with van der Waals surface area (Å²) >= 11 is 0. The third-order valence-electron chi connectivity index (χ3n) is 4.91. The monoisotopic (exact) mass is 311 g/mol. The Balaban J connectivity index is 3.00. The molecule has 22 heavy (non-hydrogen) atoms. The minimum atomic E-state index is -1.07. The van der Waals surface area contributed by atoms with Crippen LogP contribution in [0.25, 0.3) is 0 Å². The average molecular weight is 311 g/mol. The van der Waals surface area contributed by atoms with Crippen LogP contribution >= 0.6 is 0 Å². The summed E-state index contributed by atoms with van der Waals surface area (Å²) in [4.78, 5) is 0. The maximum absolute atomic E-state index is 9.89. The smallest absolute Gasteiger partial charge is 0.284 e. The molecule has 1 rings (SSSR count). The Bertz CT molecular complexity index is 335. The molecule has 0 aromatic heterocycles. The van der Waals surface area contributed by atoms with Crippen LogP contribution in [-0.4, -0.2) is 25.8 Å². The molecule has 0 amide bonds. The van der Waals surface area contributed by atoms with Crippen molar-refractivity contribution in [3.05, 3.63) is 0 Å². The molecule has 0 heterocycles. The van der Waals surface area contributed by atoms with E-state index in [0.29, 0.717) is 38.1 Å². The van der Waals surface area contributed by atoms with E-state index in [9.17, 15) is 5.26 Å². The number of nitrogens with zero attached hydrogens (tertiary/aromatic N) is 1. The summed E-state index contributed by atoms with van der Waals surface area (Å²) in [6.45, 7) is 11.8. The third-order valence-corrected chi connectivity index (χ3v) is 4.91. The topological polar surface area (TPSA) is 51.5 Å². The van der Waals surface area contributed by atoms with Crippen molar-refractivity contribution in [1.29, 1.82) is 5.26 Å². The summed E-state index contributed by atoms with van der Waals surface area (Å²) in [5, 5.41) is 9.89. The summed E-state index contributed by atoms with van der Waals surface area (Å²) in [6, 6.07) is 2.60. The zero-order valence-electron chi connectivity index (χ0n) is 15.0. The third kappa shape index (κ3) is 4.44. The van der Waals surface area contributed by atoms with Crippen LogP contribution in [0.15, 0.2) is 0 Å². The normalized spacial score (nSPS) is 28.7. The molecule has 0 aromatic carbocycles. The van der Waals surface area contributed by atoms with E-state index < -0.39 is 11.4 Å². The second-order valence-corrected chi connectivity index (χ2v) is 6.30. The van der Waals surface area contributed by atoms with Gasteiger partial charge in [0.2, 0.25) is 0 Å². The highest BCUT2D eigenvalue weighted by Gasteiger charge is 2.50. The minimum Gasteiger partial charge on any atom is -0.328 e. The molecule has 1 saturated carbocycles. The van der Waals surface area contributed by atoms with Crippen molar-refractivity contribution in [1.82, 2.24) is 0 Å². The van der Waals surface area contributed by atoms with Gasteiger partial charge in [0.05, 0.1) is 11.5 Å². The first kappa shape index (κ1) is 19.4. The SMILES string of the molecule is CCOC(CC1(C#N)CC(CC)C(CC)C1)(OCC)OCC. The zero-order chi connectivity index (χ0) is 16.6. The molecule has 4 nitrogen and oxygen atoms in total. The second-order valence-electron chi connectivity index (χ2n) is 6.30. The average Bonchev–Trinajstić information content (AvgIpc) is 2.86. The molecule has 0 bridgehead atoms. The first-order valence-corrected chi connectivity index (χ1v) is 8.87. The van der Waals surface area contributed by atoms with Crippen molar-refractivity contribution in [3.63, 3.8) is 0 Å². The maximum Gasteiger partial charge on any atom is 0.284 e. The van der Waals surface area contributed by atoms with Crippen molar-refractivity contribution in [2.75, 3.05) is 19.8 Å². The molecule has 0 aliphatic heterocycles. The Labute approximate surface area is 136 Å². The lowest BCUT2D eigenvalue weighted by atomic mass is 9.81. The van der Waals surface area contributed by atoms with Gasteiger partial charge in [-0.15, -0.1) is 0 Å². The van der Waals surface area contributed by atoms with E-state index in [-0.39, 0.29) is 0 Å². The Morgan fingerprint density at radius 2 is 1.32 bits per heavy atom. The zero-order valence-corrected chi connectivity index (χ0v) is 15.0. The second kappa shape index (κ2) is 8.86. The van der Waals surface area contributed by atoms with Crippen LogP contribution in [0.1, 0.15) is 66.7 Å². The largest absolute Gasteiger partial charge is 0.328 e. The molecule has 2 unspecified atom stereocenters. The summed E-state index contributed by atoms with van der Waals surface area (Å²) in [7, 11) is 0. The minimum absolute atomic E-state index is 0.402. The number of rotatable bonds is 10. The van der Waals surface area contributed by atoms with Crippen molar-refractivity contribution in [2.45, 2.75) is 72.7 Å². The van der Waals surface area contributed by atoms with E-state index in [1.54, 1.807) is 0 Å². The summed E-state index contributed by atoms with van der Waals surface area (Å²) < 4.78 is 17.5. The van der Waals surface area contributed by atoms with E-state index >= 15 is 0 Å². The van der Waals surface area contributed by atoms with E-state index in [2.05, 4.69) is 19.9 Å². The molecule has 0 N–H and O–H groups in total. The summed E-state index contributed by atoms with van der Waals surface area (Å²) in [6.07, 6.45) is 4.61. The van der Waals surface area contributed by atoms with E-state index in [0.717, 1.165) is 25.7 Å². The molecule has 0 radical (unpaired) electrons. The molecule has 2 atom stereocenters.